The molecular weight excluding hydrogens is 152 g/mol. The average Bonchev–Trinajstić information content (AvgIpc) is 2.16. The summed E-state index contributed by atoms with van der Waals surface area (Å²) < 4.78 is 5.20. The second-order valence-electron chi connectivity index (χ2n) is 2.48. The zero-order valence-electron chi connectivity index (χ0n) is 7.72. The van der Waals surface area contributed by atoms with Crippen molar-refractivity contribution in [2.24, 2.45) is 0 Å². The number of rotatable bonds is 3. The quantitative estimate of drug-likeness (QED) is 0.742. The lowest BCUT2D eigenvalue weighted by Gasteiger charge is -2.07. The SMILES string of the molecule is CCc1cnc(NC)cc1OC. The van der Waals surface area contributed by atoms with E-state index in [1.54, 1.807) is 7.11 Å². The van der Waals surface area contributed by atoms with E-state index in [-0.39, 0.29) is 0 Å². The molecule has 0 amide bonds. The van der Waals surface area contributed by atoms with E-state index in [0.717, 1.165) is 23.6 Å². The van der Waals surface area contributed by atoms with Crippen molar-refractivity contribution in [3.8, 4) is 5.75 Å². The third-order valence-corrected chi connectivity index (χ3v) is 1.80. The maximum Gasteiger partial charge on any atom is 0.129 e. The molecule has 0 unspecified atom stereocenters. The Morgan fingerprint density at radius 1 is 1.58 bits per heavy atom. The molecule has 1 N–H and O–H groups in total. The van der Waals surface area contributed by atoms with E-state index < -0.39 is 0 Å². The summed E-state index contributed by atoms with van der Waals surface area (Å²) in [7, 11) is 3.52. The van der Waals surface area contributed by atoms with Gasteiger partial charge < -0.3 is 10.1 Å². The van der Waals surface area contributed by atoms with Gasteiger partial charge >= 0.3 is 0 Å². The second kappa shape index (κ2) is 3.95. The summed E-state index contributed by atoms with van der Waals surface area (Å²) in [6.07, 6.45) is 2.78. The Morgan fingerprint density at radius 3 is 2.83 bits per heavy atom. The molecule has 0 fully saturated rings. The Hall–Kier alpha value is -1.25. The van der Waals surface area contributed by atoms with Gasteiger partial charge in [0.1, 0.15) is 11.6 Å². The first-order chi connectivity index (χ1) is 5.81. The van der Waals surface area contributed by atoms with Crippen LogP contribution in [0.4, 0.5) is 5.82 Å². The molecule has 12 heavy (non-hydrogen) atoms. The van der Waals surface area contributed by atoms with E-state index in [4.69, 9.17) is 4.74 Å². The normalized spacial score (nSPS) is 9.58. The fraction of sp³-hybridized carbons (Fsp3) is 0.444. The molecule has 1 heterocycles. The number of nitrogens with zero attached hydrogens (tertiary/aromatic N) is 1. The maximum absolute atomic E-state index is 5.20. The van der Waals surface area contributed by atoms with Crippen molar-refractivity contribution in [3.63, 3.8) is 0 Å². The molecule has 1 aromatic rings. The average molecular weight is 166 g/mol. The minimum Gasteiger partial charge on any atom is -0.496 e. The van der Waals surface area contributed by atoms with Crippen LogP contribution in [0.5, 0.6) is 5.75 Å². The fourth-order valence-electron chi connectivity index (χ4n) is 1.06. The summed E-state index contributed by atoms with van der Waals surface area (Å²) in [5.41, 5.74) is 1.14. The molecule has 0 atom stereocenters. The Bertz CT molecular complexity index is 261. The largest absolute Gasteiger partial charge is 0.496 e. The van der Waals surface area contributed by atoms with E-state index in [1.165, 1.54) is 0 Å². The van der Waals surface area contributed by atoms with Crippen LogP contribution in [0.3, 0.4) is 0 Å². The second-order valence-corrected chi connectivity index (χ2v) is 2.48. The lowest BCUT2D eigenvalue weighted by atomic mass is 10.2. The lowest BCUT2D eigenvalue weighted by Crippen LogP contribution is -1.96. The Labute approximate surface area is 72.8 Å². The van der Waals surface area contributed by atoms with E-state index in [0.29, 0.717) is 0 Å². The minimum atomic E-state index is 0.837. The topological polar surface area (TPSA) is 34.2 Å². The highest BCUT2D eigenvalue weighted by Crippen LogP contribution is 2.20. The number of anilines is 1. The first-order valence-electron chi connectivity index (χ1n) is 4.02. The molecule has 0 aromatic carbocycles. The Balaban J connectivity index is 3.02. The molecule has 3 nitrogen and oxygen atoms in total. The number of hydrogen-bond donors (Lipinski definition) is 1. The van der Waals surface area contributed by atoms with Gasteiger partial charge in [-0.2, -0.15) is 0 Å². The van der Waals surface area contributed by atoms with Crippen LogP contribution in [-0.2, 0) is 6.42 Å². The van der Waals surface area contributed by atoms with Crippen molar-refractivity contribution >= 4 is 5.82 Å². The maximum atomic E-state index is 5.20. The molecular formula is C9H14N2O. The van der Waals surface area contributed by atoms with E-state index in [2.05, 4.69) is 17.2 Å². The summed E-state index contributed by atoms with van der Waals surface area (Å²) in [6.45, 7) is 2.08. The highest BCUT2D eigenvalue weighted by Gasteiger charge is 2.01. The van der Waals surface area contributed by atoms with Gasteiger partial charge in [0.15, 0.2) is 0 Å². The molecule has 3 heteroatoms. The van der Waals surface area contributed by atoms with Crippen LogP contribution in [0, 0.1) is 0 Å². The molecule has 0 saturated carbocycles. The third-order valence-electron chi connectivity index (χ3n) is 1.80. The first-order valence-corrected chi connectivity index (χ1v) is 4.02. The number of ether oxygens (including phenoxy) is 1. The number of nitrogens with one attached hydrogen (secondary N) is 1. The highest BCUT2D eigenvalue weighted by molar-refractivity contribution is 5.44. The number of hydrogen-bond acceptors (Lipinski definition) is 3. The van der Waals surface area contributed by atoms with E-state index >= 15 is 0 Å². The van der Waals surface area contributed by atoms with Gasteiger partial charge in [-0.05, 0) is 6.42 Å². The van der Waals surface area contributed by atoms with Crippen LogP contribution in [0.15, 0.2) is 12.3 Å². The van der Waals surface area contributed by atoms with Crippen LogP contribution >= 0.6 is 0 Å². The molecule has 1 aromatic heterocycles. The molecule has 0 spiro atoms. The zero-order chi connectivity index (χ0) is 8.97. The standard InChI is InChI=1S/C9H14N2O/c1-4-7-6-11-9(10-2)5-8(7)12-3/h5-6H,4H2,1-3H3,(H,10,11). The van der Waals surface area contributed by atoms with Crippen LogP contribution in [0.2, 0.25) is 0 Å². The molecule has 0 bridgehead atoms. The number of pyridine rings is 1. The van der Waals surface area contributed by atoms with Gasteiger partial charge in [-0.25, -0.2) is 4.98 Å². The number of aryl methyl sites for hydroxylation is 1. The smallest absolute Gasteiger partial charge is 0.129 e. The molecule has 66 valence electrons. The molecule has 0 aliphatic heterocycles. The van der Waals surface area contributed by atoms with Crippen molar-refractivity contribution in [1.82, 2.24) is 4.98 Å². The van der Waals surface area contributed by atoms with Gasteiger partial charge in [-0.3, -0.25) is 0 Å². The number of methoxy groups -OCH3 is 1. The molecule has 0 aliphatic rings. The Kier molecular flexibility index (Phi) is 2.91. The lowest BCUT2D eigenvalue weighted by molar-refractivity contribution is 0.409. The highest BCUT2D eigenvalue weighted by atomic mass is 16.5. The third kappa shape index (κ3) is 1.67. The van der Waals surface area contributed by atoms with Gasteiger partial charge in [0, 0.05) is 24.9 Å². The summed E-state index contributed by atoms with van der Waals surface area (Å²) in [4.78, 5) is 4.19. The van der Waals surface area contributed by atoms with Crippen LogP contribution in [-0.4, -0.2) is 19.1 Å². The van der Waals surface area contributed by atoms with Crippen molar-refractivity contribution < 1.29 is 4.74 Å². The fourth-order valence-corrected chi connectivity index (χ4v) is 1.06. The predicted molar refractivity (Wildman–Crippen MR) is 49.7 cm³/mol. The van der Waals surface area contributed by atoms with E-state index in [1.807, 2.05) is 19.3 Å². The van der Waals surface area contributed by atoms with Gasteiger partial charge in [-0.1, -0.05) is 6.92 Å². The van der Waals surface area contributed by atoms with Gasteiger partial charge in [-0.15, -0.1) is 0 Å². The van der Waals surface area contributed by atoms with Crippen LogP contribution in [0.1, 0.15) is 12.5 Å². The van der Waals surface area contributed by atoms with Gasteiger partial charge in [0.25, 0.3) is 0 Å². The summed E-state index contributed by atoms with van der Waals surface area (Å²) in [5, 5.41) is 2.96. The number of aromatic nitrogens is 1. The van der Waals surface area contributed by atoms with Crippen molar-refractivity contribution in [3.05, 3.63) is 17.8 Å². The first kappa shape index (κ1) is 8.84. The molecule has 0 radical (unpaired) electrons. The van der Waals surface area contributed by atoms with Crippen LogP contribution < -0.4 is 10.1 Å². The minimum absolute atomic E-state index is 0.837. The Morgan fingerprint density at radius 2 is 2.33 bits per heavy atom. The monoisotopic (exact) mass is 166 g/mol. The van der Waals surface area contributed by atoms with Crippen molar-refractivity contribution in [2.45, 2.75) is 13.3 Å². The van der Waals surface area contributed by atoms with Gasteiger partial charge in [0.05, 0.1) is 7.11 Å². The van der Waals surface area contributed by atoms with Crippen molar-refractivity contribution in [1.29, 1.82) is 0 Å². The molecule has 0 saturated heterocycles. The summed E-state index contributed by atoms with van der Waals surface area (Å²) in [5.74, 6) is 1.74. The molecule has 0 aliphatic carbocycles. The van der Waals surface area contributed by atoms with E-state index in [9.17, 15) is 0 Å². The zero-order valence-corrected chi connectivity index (χ0v) is 7.72. The molecule has 1 rings (SSSR count). The van der Waals surface area contributed by atoms with Gasteiger partial charge in [0.2, 0.25) is 0 Å². The predicted octanol–water partition coefficient (Wildman–Crippen LogP) is 1.69. The van der Waals surface area contributed by atoms with Crippen molar-refractivity contribution in [2.75, 3.05) is 19.5 Å². The van der Waals surface area contributed by atoms with Crippen LogP contribution in [0.25, 0.3) is 0 Å². The summed E-state index contributed by atoms with van der Waals surface area (Å²) in [6, 6.07) is 1.90. The summed E-state index contributed by atoms with van der Waals surface area (Å²) >= 11 is 0.